The molecule has 0 aliphatic carbocycles. The Balaban J connectivity index is 1.75. The van der Waals surface area contributed by atoms with E-state index < -0.39 is 5.66 Å². The third-order valence-corrected chi connectivity index (χ3v) is 7.78. The van der Waals surface area contributed by atoms with E-state index in [1.807, 2.05) is 0 Å². The maximum atomic E-state index is 6.64. The molecule has 1 spiro atoms. The van der Waals surface area contributed by atoms with Crippen LogP contribution in [0.15, 0.2) is 73.1 Å². The molecule has 4 aromatic rings. The Morgan fingerprint density at radius 3 is 1.44 bits per heavy atom. The maximum absolute atomic E-state index is 6.64. The first-order chi connectivity index (χ1) is 16.1. The minimum Gasteiger partial charge on any atom is -0.456 e. The quantitative estimate of drug-likeness (QED) is 0.253. The number of fused-ring (bicyclic) bond motifs is 4. The molecular formula is C31H30N2O+2. The predicted molar refractivity (Wildman–Crippen MR) is 133 cm³/mol. The van der Waals surface area contributed by atoms with Gasteiger partial charge in [0.2, 0.25) is 11.4 Å². The van der Waals surface area contributed by atoms with Gasteiger partial charge in [-0.1, -0.05) is 53.7 Å². The van der Waals surface area contributed by atoms with Crippen LogP contribution in [0.1, 0.15) is 63.8 Å². The summed E-state index contributed by atoms with van der Waals surface area (Å²) >= 11 is 0. The second-order valence-corrected chi connectivity index (χ2v) is 11.9. The number of rotatable bonds is 0. The zero-order valence-corrected chi connectivity index (χ0v) is 20.7. The van der Waals surface area contributed by atoms with Gasteiger partial charge in [0.1, 0.15) is 11.5 Å². The third-order valence-electron chi connectivity index (χ3n) is 7.78. The molecule has 0 fully saturated rings. The van der Waals surface area contributed by atoms with E-state index in [0.717, 1.165) is 11.5 Å². The Labute approximate surface area is 201 Å². The lowest BCUT2D eigenvalue weighted by Gasteiger charge is -2.26. The van der Waals surface area contributed by atoms with Crippen LogP contribution in [0.2, 0.25) is 0 Å². The molecule has 0 bridgehead atoms. The molecule has 2 aromatic heterocycles. The molecule has 34 heavy (non-hydrogen) atoms. The zero-order valence-electron chi connectivity index (χ0n) is 20.7. The van der Waals surface area contributed by atoms with Crippen LogP contribution >= 0.6 is 0 Å². The summed E-state index contributed by atoms with van der Waals surface area (Å²) in [6.45, 7) is 13.8. The Bertz CT molecular complexity index is 1430. The smallest absolute Gasteiger partial charge is 0.424 e. The predicted octanol–water partition coefficient (Wildman–Crippen LogP) is 6.22. The molecule has 0 N–H and O–H groups in total. The lowest BCUT2D eigenvalue weighted by atomic mass is 9.83. The summed E-state index contributed by atoms with van der Waals surface area (Å²) in [6, 6.07) is 22.1. The minimum atomic E-state index is -0.497. The summed E-state index contributed by atoms with van der Waals surface area (Å²) in [6.07, 6.45) is 4.54. The molecule has 0 unspecified atom stereocenters. The summed E-state index contributed by atoms with van der Waals surface area (Å²) in [5.74, 6) is 1.90. The maximum Gasteiger partial charge on any atom is 0.424 e. The number of hydrogen-bond acceptors (Lipinski definition) is 1. The molecule has 2 aromatic carbocycles. The van der Waals surface area contributed by atoms with E-state index in [9.17, 15) is 0 Å². The molecule has 5 heterocycles. The van der Waals surface area contributed by atoms with Crippen LogP contribution in [0.25, 0.3) is 22.5 Å². The second kappa shape index (κ2) is 5.96. The van der Waals surface area contributed by atoms with Crippen LogP contribution in [0.4, 0.5) is 0 Å². The fourth-order valence-corrected chi connectivity index (χ4v) is 6.50. The number of benzene rings is 2. The Hall–Kier alpha value is -3.46. The molecule has 3 nitrogen and oxygen atoms in total. The van der Waals surface area contributed by atoms with E-state index in [4.69, 9.17) is 4.74 Å². The van der Waals surface area contributed by atoms with E-state index in [2.05, 4.69) is 124 Å². The summed E-state index contributed by atoms with van der Waals surface area (Å²) < 4.78 is 11.7. The van der Waals surface area contributed by atoms with Crippen LogP contribution in [-0.4, -0.2) is 0 Å². The Morgan fingerprint density at radius 2 is 1.03 bits per heavy atom. The highest BCUT2D eigenvalue weighted by Gasteiger charge is 2.71. The van der Waals surface area contributed by atoms with Crippen molar-refractivity contribution >= 4 is 0 Å². The van der Waals surface area contributed by atoms with Gasteiger partial charge in [0.05, 0.1) is 11.1 Å². The van der Waals surface area contributed by atoms with Gasteiger partial charge in [-0.25, -0.2) is 0 Å². The van der Waals surface area contributed by atoms with Crippen LogP contribution < -0.4 is 13.9 Å². The van der Waals surface area contributed by atoms with Crippen molar-refractivity contribution in [1.82, 2.24) is 0 Å². The van der Waals surface area contributed by atoms with Crippen molar-refractivity contribution < 1.29 is 13.9 Å². The first-order valence-electron chi connectivity index (χ1n) is 12.2. The van der Waals surface area contributed by atoms with Gasteiger partial charge in [-0.05, 0) is 47.2 Å². The van der Waals surface area contributed by atoms with Crippen molar-refractivity contribution in [3.05, 3.63) is 95.3 Å². The molecular weight excluding hydrogens is 416 g/mol. The van der Waals surface area contributed by atoms with Gasteiger partial charge in [0.25, 0.3) is 0 Å². The standard InChI is InChI=1S/C31H30N2O/c1-29(2,3)21-13-9-17-32-27(21)19-11-7-15-23-25(19)31(32)26-20(12-8-16-24(26)34-23)28-22(30(4,5)6)14-10-18-33(28)31/h7-18H,1-6H3/q+2. The van der Waals surface area contributed by atoms with Gasteiger partial charge in [-0.2, -0.15) is 0 Å². The second-order valence-electron chi connectivity index (χ2n) is 11.9. The third kappa shape index (κ3) is 2.14. The first-order valence-corrected chi connectivity index (χ1v) is 12.2. The van der Waals surface area contributed by atoms with E-state index in [0.29, 0.717) is 0 Å². The topological polar surface area (TPSA) is 17.0 Å². The highest BCUT2D eigenvalue weighted by molar-refractivity contribution is 5.82. The van der Waals surface area contributed by atoms with Crippen LogP contribution in [0.3, 0.4) is 0 Å². The molecule has 3 aliphatic rings. The van der Waals surface area contributed by atoms with E-state index >= 15 is 0 Å². The van der Waals surface area contributed by atoms with Crippen molar-refractivity contribution in [2.75, 3.05) is 0 Å². The average molecular weight is 447 g/mol. The van der Waals surface area contributed by atoms with Crippen molar-refractivity contribution in [2.24, 2.45) is 0 Å². The number of nitrogens with zero attached hydrogens (tertiary/aromatic N) is 2. The highest BCUT2D eigenvalue weighted by Crippen LogP contribution is 2.58. The first kappa shape index (κ1) is 20.0. The van der Waals surface area contributed by atoms with Crippen LogP contribution in [0.5, 0.6) is 11.5 Å². The number of aromatic nitrogens is 2. The highest BCUT2D eigenvalue weighted by atomic mass is 16.5. The fourth-order valence-electron chi connectivity index (χ4n) is 6.50. The van der Waals surface area contributed by atoms with Gasteiger partial charge < -0.3 is 4.74 Å². The molecule has 0 amide bonds. The van der Waals surface area contributed by atoms with Gasteiger partial charge in [-0.3, -0.25) is 0 Å². The molecule has 0 radical (unpaired) electrons. The van der Waals surface area contributed by atoms with E-state index in [1.54, 1.807) is 0 Å². The SMILES string of the molecule is CC(C)(C)c1ccc[n+]2c1-c1cccc3c1C21c2c(cccc2-c2c(C(C)(C)C)ccc[n+]21)O3. The largest absolute Gasteiger partial charge is 0.456 e. The van der Waals surface area contributed by atoms with Gasteiger partial charge in [0, 0.05) is 23.3 Å². The number of ether oxygens (including phenoxy) is 1. The van der Waals surface area contributed by atoms with Crippen LogP contribution in [0, 0.1) is 0 Å². The molecule has 3 heteroatoms. The lowest BCUT2D eigenvalue weighted by Crippen LogP contribution is -2.72. The molecule has 0 atom stereocenters. The number of pyridine rings is 2. The molecule has 0 saturated carbocycles. The molecule has 7 rings (SSSR count). The Morgan fingerprint density at radius 1 is 0.588 bits per heavy atom. The van der Waals surface area contributed by atoms with Crippen molar-refractivity contribution in [3.8, 4) is 34.0 Å². The molecule has 3 aliphatic heterocycles. The summed E-state index contributed by atoms with van der Waals surface area (Å²) in [5.41, 5.74) is 9.85. The average Bonchev–Trinajstić information content (AvgIpc) is 3.27. The monoisotopic (exact) mass is 446 g/mol. The van der Waals surface area contributed by atoms with Crippen molar-refractivity contribution in [1.29, 1.82) is 0 Å². The van der Waals surface area contributed by atoms with Crippen LogP contribution in [-0.2, 0) is 16.5 Å². The normalized spacial score (nSPS) is 15.8. The summed E-state index contributed by atoms with van der Waals surface area (Å²) in [7, 11) is 0. The van der Waals surface area contributed by atoms with Gasteiger partial charge in [-0.15, -0.1) is 9.13 Å². The van der Waals surface area contributed by atoms with E-state index in [1.165, 1.54) is 44.8 Å². The molecule has 168 valence electrons. The minimum absolute atomic E-state index is 0.00770. The lowest BCUT2D eigenvalue weighted by molar-refractivity contribution is -0.955. The fraction of sp³-hybridized carbons (Fsp3) is 0.290. The van der Waals surface area contributed by atoms with E-state index in [-0.39, 0.29) is 10.8 Å². The van der Waals surface area contributed by atoms with Crippen molar-refractivity contribution in [3.63, 3.8) is 0 Å². The molecule has 0 saturated heterocycles. The van der Waals surface area contributed by atoms with Crippen molar-refractivity contribution in [2.45, 2.75) is 58.0 Å². The van der Waals surface area contributed by atoms with Gasteiger partial charge in [0.15, 0.2) is 23.5 Å². The van der Waals surface area contributed by atoms with Gasteiger partial charge >= 0.3 is 5.66 Å². The number of hydrogen-bond donors (Lipinski definition) is 0. The zero-order chi connectivity index (χ0) is 23.6. The Kier molecular flexibility index (Phi) is 3.50. The summed E-state index contributed by atoms with van der Waals surface area (Å²) in [4.78, 5) is 0. The summed E-state index contributed by atoms with van der Waals surface area (Å²) in [5, 5.41) is 0.